The second-order valence-corrected chi connectivity index (χ2v) is 11.4. The van der Waals surface area contributed by atoms with Gasteiger partial charge in [0.05, 0.1) is 17.7 Å². The van der Waals surface area contributed by atoms with Gasteiger partial charge in [-0.15, -0.1) is 0 Å². The lowest BCUT2D eigenvalue weighted by molar-refractivity contribution is -0.140. The van der Waals surface area contributed by atoms with E-state index in [1.807, 2.05) is 56.3 Å². The Labute approximate surface area is 218 Å². The summed E-state index contributed by atoms with van der Waals surface area (Å²) in [6.45, 7) is 5.84. The van der Waals surface area contributed by atoms with Crippen LogP contribution in [0.1, 0.15) is 39.2 Å². The molecule has 1 aliphatic rings. The quantitative estimate of drug-likeness (QED) is 0.432. The maximum Gasteiger partial charge on any atom is 0.265 e. The molecule has 0 unspecified atom stereocenters. The van der Waals surface area contributed by atoms with E-state index in [2.05, 4.69) is 5.32 Å². The minimum Gasteiger partial charge on any atom is -0.497 e. The molecule has 0 aromatic heterocycles. The van der Waals surface area contributed by atoms with Crippen molar-refractivity contribution in [1.82, 2.24) is 10.2 Å². The standard InChI is InChI=1S/C28H33N3O5S/c1-19(2)29-28(33)20(3)30(18-21-9-5-12-23(17-21)36-4)26(32)15-8-16-31-24-13-6-10-22-11-7-14-25(27(22)24)37(31,34)35/h5-7,9-14,17,19-20H,8,15-16,18H2,1-4H3,(H,29,33)/t20-/m0/s1. The number of ether oxygens (including phenoxy) is 1. The van der Waals surface area contributed by atoms with Crippen LogP contribution in [0.25, 0.3) is 10.8 Å². The average molecular weight is 524 g/mol. The molecule has 0 radical (unpaired) electrons. The highest BCUT2D eigenvalue weighted by atomic mass is 32.2. The molecule has 9 heteroatoms. The van der Waals surface area contributed by atoms with E-state index in [0.29, 0.717) is 22.8 Å². The predicted molar refractivity (Wildman–Crippen MR) is 144 cm³/mol. The van der Waals surface area contributed by atoms with Gasteiger partial charge in [-0.05, 0) is 62.4 Å². The largest absolute Gasteiger partial charge is 0.497 e. The fourth-order valence-corrected chi connectivity index (χ4v) is 6.42. The first-order valence-electron chi connectivity index (χ1n) is 12.4. The molecule has 0 fully saturated rings. The summed E-state index contributed by atoms with van der Waals surface area (Å²) in [6, 6.07) is 17.4. The fourth-order valence-electron chi connectivity index (χ4n) is 4.67. The van der Waals surface area contributed by atoms with Crippen LogP contribution in [0.3, 0.4) is 0 Å². The highest BCUT2D eigenvalue weighted by molar-refractivity contribution is 7.93. The van der Waals surface area contributed by atoms with E-state index in [1.54, 1.807) is 37.1 Å². The van der Waals surface area contributed by atoms with Crippen molar-refractivity contribution in [3.8, 4) is 5.75 Å². The molecule has 0 bridgehead atoms. The van der Waals surface area contributed by atoms with Gasteiger partial charge in [0.2, 0.25) is 11.8 Å². The van der Waals surface area contributed by atoms with E-state index >= 15 is 0 Å². The Kier molecular flexibility index (Phi) is 7.73. The molecule has 1 N–H and O–H groups in total. The molecule has 4 rings (SSSR count). The summed E-state index contributed by atoms with van der Waals surface area (Å²) in [5, 5.41) is 4.46. The molecule has 8 nitrogen and oxygen atoms in total. The van der Waals surface area contributed by atoms with Gasteiger partial charge in [-0.25, -0.2) is 8.42 Å². The lowest BCUT2D eigenvalue weighted by Crippen LogP contribution is -2.49. The van der Waals surface area contributed by atoms with Gasteiger partial charge in [0.25, 0.3) is 10.0 Å². The SMILES string of the molecule is COc1cccc(CN(C(=O)CCCN2c3cccc4cccc(c34)S2(=O)=O)[C@@H](C)C(=O)NC(C)C)c1. The first-order valence-corrected chi connectivity index (χ1v) is 13.8. The summed E-state index contributed by atoms with van der Waals surface area (Å²) in [4.78, 5) is 28.1. The Morgan fingerprint density at radius 1 is 1.03 bits per heavy atom. The van der Waals surface area contributed by atoms with Gasteiger partial charge in [0, 0.05) is 30.9 Å². The minimum absolute atomic E-state index is 0.0616. The molecule has 2 amide bonds. The number of benzene rings is 3. The first kappa shape index (κ1) is 26.5. The van der Waals surface area contributed by atoms with Crippen LogP contribution < -0.4 is 14.4 Å². The van der Waals surface area contributed by atoms with Gasteiger partial charge >= 0.3 is 0 Å². The number of nitrogens with one attached hydrogen (secondary N) is 1. The number of nitrogens with zero attached hydrogens (tertiary/aromatic N) is 2. The molecule has 3 aromatic rings. The number of anilines is 1. The Bertz CT molecular complexity index is 1420. The van der Waals surface area contributed by atoms with E-state index < -0.39 is 16.1 Å². The lowest BCUT2D eigenvalue weighted by Gasteiger charge is -2.30. The third-order valence-electron chi connectivity index (χ3n) is 6.52. The smallest absolute Gasteiger partial charge is 0.265 e. The Balaban J connectivity index is 1.50. The number of sulfonamides is 1. The molecule has 0 saturated heterocycles. The summed E-state index contributed by atoms with van der Waals surface area (Å²) >= 11 is 0. The number of carbonyl (C=O) groups excluding carboxylic acids is 2. The van der Waals surface area contributed by atoms with Gasteiger partial charge < -0.3 is 15.0 Å². The van der Waals surface area contributed by atoms with Crippen LogP contribution in [0.15, 0.2) is 65.6 Å². The highest BCUT2D eigenvalue weighted by Crippen LogP contribution is 2.42. The van der Waals surface area contributed by atoms with Gasteiger partial charge in [-0.2, -0.15) is 0 Å². The third-order valence-corrected chi connectivity index (χ3v) is 8.37. The first-order chi connectivity index (χ1) is 17.6. The second kappa shape index (κ2) is 10.8. The van der Waals surface area contributed by atoms with Crippen LogP contribution >= 0.6 is 0 Å². The Morgan fingerprint density at radius 3 is 2.43 bits per heavy atom. The average Bonchev–Trinajstić information content (AvgIpc) is 3.09. The van der Waals surface area contributed by atoms with Gasteiger partial charge in [0.15, 0.2) is 0 Å². The monoisotopic (exact) mass is 523 g/mol. The summed E-state index contributed by atoms with van der Waals surface area (Å²) in [6.07, 6.45) is 0.414. The van der Waals surface area contributed by atoms with Crippen molar-refractivity contribution in [1.29, 1.82) is 0 Å². The van der Waals surface area contributed by atoms with Crippen molar-refractivity contribution >= 4 is 38.3 Å². The summed E-state index contributed by atoms with van der Waals surface area (Å²) in [5.74, 6) is 0.203. The molecule has 0 spiro atoms. The summed E-state index contributed by atoms with van der Waals surface area (Å²) < 4.78 is 33.2. The maximum absolute atomic E-state index is 13.4. The van der Waals surface area contributed by atoms with Crippen molar-refractivity contribution in [3.63, 3.8) is 0 Å². The second-order valence-electron chi connectivity index (χ2n) is 9.52. The number of hydrogen-bond donors (Lipinski definition) is 1. The van der Waals surface area contributed by atoms with Crippen molar-refractivity contribution in [2.75, 3.05) is 18.0 Å². The molecule has 196 valence electrons. The third kappa shape index (κ3) is 5.41. The predicted octanol–water partition coefficient (Wildman–Crippen LogP) is 4.08. The molecule has 37 heavy (non-hydrogen) atoms. The van der Waals surface area contributed by atoms with Crippen molar-refractivity contribution < 1.29 is 22.7 Å². The van der Waals surface area contributed by atoms with Crippen molar-refractivity contribution in [3.05, 3.63) is 66.2 Å². The van der Waals surface area contributed by atoms with Crippen LogP contribution in [-0.4, -0.2) is 50.9 Å². The van der Waals surface area contributed by atoms with E-state index in [9.17, 15) is 18.0 Å². The number of amides is 2. The van der Waals surface area contributed by atoms with E-state index in [4.69, 9.17) is 4.74 Å². The van der Waals surface area contributed by atoms with Crippen LogP contribution in [0, 0.1) is 0 Å². The molecule has 0 saturated carbocycles. The lowest BCUT2D eigenvalue weighted by atomic mass is 10.1. The van der Waals surface area contributed by atoms with Crippen LogP contribution in [0.2, 0.25) is 0 Å². The van der Waals surface area contributed by atoms with Gasteiger partial charge in [-0.3, -0.25) is 13.9 Å². The van der Waals surface area contributed by atoms with Crippen molar-refractivity contribution in [2.45, 2.75) is 57.1 Å². The van der Waals surface area contributed by atoms with E-state index in [-0.39, 0.29) is 37.4 Å². The molecule has 3 aromatic carbocycles. The number of hydrogen-bond acceptors (Lipinski definition) is 5. The molecule has 1 aliphatic heterocycles. The highest BCUT2D eigenvalue weighted by Gasteiger charge is 2.35. The Hall–Kier alpha value is -3.59. The zero-order valence-corrected chi connectivity index (χ0v) is 22.4. The van der Waals surface area contributed by atoms with E-state index in [1.165, 1.54) is 4.31 Å². The van der Waals surface area contributed by atoms with Crippen LogP contribution in [-0.2, 0) is 26.2 Å². The topological polar surface area (TPSA) is 96.0 Å². The van der Waals surface area contributed by atoms with Crippen LogP contribution in [0.4, 0.5) is 5.69 Å². The maximum atomic E-state index is 13.4. The number of carbonyl (C=O) groups is 2. The number of methoxy groups -OCH3 is 1. The molecule has 1 heterocycles. The molecule has 0 aliphatic carbocycles. The van der Waals surface area contributed by atoms with Crippen molar-refractivity contribution in [2.24, 2.45) is 0 Å². The molecule has 1 atom stereocenters. The summed E-state index contributed by atoms with van der Waals surface area (Å²) in [7, 11) is -2.11. The van der Waals surface area contributed by atoms with Crippen LogP contribution in [0.5, 0.6) is 5.75 Å². The normalized spacial score (nSPS) is 14.6. The Morgan fingerprint density at radius 2 is 1.73 bits per heavy atom. The van der Waals surface area contributed by atoms with Gasteiger partial charge in [-0.1, -0.05) is 36.4 Å². The fraction of sp³-hybridized carbons (Fsp3) is 0.357. The zero-order chi connectivity index (χ0) is 26.7. The molecular formula is C28H33N3O5S. The zero-order valence-electron chi connectivity index (χ0n) is 21.6. The van der Waals surface area contributed by atoms with E-state index in [0.717, 1.165) is 16.3 Å². The number of rotatable bonds is 10. The minimum atomic E-state index is -3.69. The summed E-state index contributed by atoms with van der Waals surface area (Å²) in [5.41, 5.74) is 1.47. The van der Waals surface area contributed by atoms with Gasteiger partial charge in [0.1, 0.15) is 11.8 Å². The molecular weight excluding hydrogens is 490 g/mol.